The van der Waals surface area contributed by atoms with E-state index in [-0.39, 0.29) is 30.0 Å². The number of nitrogens with one attached hydrogen (secondary N) is 3. The lowest BCUT2D eigenvalue weighted by Crippen LogP contribution is -2.17. The highest BCUT2D eigenvalue weighted by atomic mass is 19.1. The molecule has 0 aliphatic heterocycles. The van der Waals surface area contributed by atoms with Crippen LogP contribution in [0, 0.1) is 5.82 Å². The van der Waals surface area contributed by atoms with Gasteiger partial charge in [0.15, 0.2) is 11.6 Å². The molecule has 166 valence electrons. The predicted octanol–water partition coefficient (Wildman–Crippen LogP) is 3.41. The van der Waals surface area contributed by atoms with Crippen LogP contribution in [-0.4, -0.2) is 36.2 Å². The van der Waals surface area contributed by atoms with Gasteiger partial charge in [-0.1, -0.05) is 18.2 Å². The third-order valence-corrected chi connectivity index (χ3v) is 4.03. The molecule has 11 heteroatoms. The van der Waals surface area contributed by atoms with Gasteiger partial charge in [0.1, 0.15) is 5.75 Å². The maximum absolute atomic E-state index is 14.2. The number of benzene rings is 2. The van der Waals surface area contributed by atoms with E-state index in [9.17, 15) is 14.0 Å². The van der Waals surface area contributed by atoms with E-state index in [0.29, 0.717) is 11.3 Å². The number of nitrogens with zero attached hydrogens (tertiary/aromatic N) is 2. The van der Waals surface area contributed by atoms with Crippen LogP contribution in [0.25, 0.3) is 0 Å². The minimum atomic E-state index is -0.875. The number of amides is 1. The Hall–Kier alpha value is -4.25. The fraction of sp³-hybridized carbons (Fsp3) is 0.143. The molecule has 1 amide bonds. The van der Waals surface area contributed by atoms with Crippen LogP contribution < -0.4 is 20.9 Å². The van der Waals surface area contributed by atoms with Crippen molar-refractivity contribution in [3.05, 3.63) is 71.7 Å². The number of carbonyl (C=O) groups excluding carboxylic acids is 2. The molecule has 0 atom stereocenters. The summed E-state index contributed by atoms with van der Waals surface area (Å²) in [5.74, 6) is -0.815. The highest BCUT2D eigenvalue weighted by Crippen LogP contribution is 2.23. The summed E-state index contributed by atoms with van der Waals surface area (Å²) in [4.78, 5) is 36.2. The molecule has 0 aliphatic rings. The van der Waals surface area contributed by atoms with Crippen molar-refractivity contribution < 1.29 is 28.3 Å². The molecule has 10 nitrogen and oxygen atoms in total. The van der Waals surface area contributed by atoms with E-state index in [4.69, 9.17) is 9.57 Å². The monoisotopic (exact) mass is 441 g/mol. The van der Waals surface area contributed by atoms with Crippen LogP contribution >= 0.6 is 0 Å². The largest absolute Gasteiger partial charge is 0.513 e. The van der Waals surface area contributed by atoms with Crippen molar-refractivity contribution in [2.24, 2.45) is 0 Å². The molecule has 0 radical (unpaired) electrons. The number of ether oxygens (including phenoxy) is 2. The highest BCUT2D eigenvalue weighted by molar-refractivity contribution is 5.94. The molecule has 0 spiro atoms. The van der Waals surface area contributed by atoms with E-state index >= 15 is 0 Å². The van der Waals surface area contributed by atoms with Crippen LogP contribution in [-0.2, 0) is 16.2 Å². The molecule has 32 heavy (non-hydrogen) atoms. The average molecular weight is 441 g/mol. The maximum Gasteiger partial charge on any atom is 0.513 e. The molecule has 3 rings (SSSR count). The molecule has 0 saturated carbocycles. The molecule has 0 saturated heterocycles. The summed E-state index contributed by atoms with van der Waals surface area (Å²) in [7, 11) is 2.74. The zero-order valence-corrected chi connectivity index (χ0v) is 17.2. The first-order valence-corrected chi connectivity index (χ1v) is 9.32. The van der Waals surface area contributed by atoms with E-state index in [2.05, 4.69) is 30.8 Å². The van der Waals surface area contributed by atoms with Gasteiger partial charge in [0.25, 0.3) is 5.91 Å². The third kappa shape index (κ3) is 6.12. The molecule has 3 aromatic rings. The van der Waals surface area contributed by atoms with Gasteiger partial charge in [-0.3, -0.25) is 9.63 Å². The summed E-state index contributed by atoms with van der Waals surface area (Å²) < 4.78 is 23.5. The van der Waals surface area contributed by atoms with Gasteiger partial charge in [0, 0.05) is 24.4 Å². The fourth-order valence-electron chi connectivity index (χ4n) is 2.55. The molecular weight excluding hydrogens is 421 g/mol. The van der Waals surface area contributed by atoms with Crippen LogP contribution in [0.2, 0.25) is 0 Å². The molecular formula is C21H20FN5O5. The summed E-state index contributed by atoms with van der Waals surface area (Å²) in [5, 5.41) is 5.33. The van der Waals surface area contributed by atoms with Crippen LogP contribution in [0.4, 0.5) is 26.6 Å². The first-order valence-electron chi connectivity index (χ1n) is 9.32. The smallest absolute Gasteiger partial charge is 0.437 e. The van der Waals surface area contributed by atoms with E-state index in [0.717, 1.165) is 11.8 Å². The van der Waals surface area contributed by atoms with Gasteiger partial charge in [-0.15, -0.1) is 0 Å². The number of aromatic nitrogens is 2. The first kappa shape index (κ1) is 22.4. The Bertz CT molecular complexity index is 1110. The lowest BCUT2D eigenvalue weighted by molar-refractivity contribution is 0.0962. The number of hydrogen-bond donors (Lipinski definition) is 3. The summed E-state index contributed by atoms with van der Waals surface area (Å²) >= 11 is 0. The van der Waals surface area contributed by atoms with Crippen molar-refractivity contribution in [1.29, 1.82) is 0 Å². The molecule has 3 N–H and O–H groups in total. The molecule has 0 bridgehead atoms. The Labute approximate surface area is 182 Å². The van der Waals surface area contributed by atoms with Crippen molar-refractivity contribution in [2.45, 2.75) is 6.61 Å². The second kappa shape index (κ2) is 10.7. The number of halogens is 1. The van der Waals surface area contributed by atoms with E-state index in [1.54, 1.807) is 49.5 Å². The first-order chi connectivity index (χ1) is 15.5. The van der Waals surface area contributed by atoms with E-state index < -0.39 is 12.0 Å². The normalized spacial score (nSPS) is 10.2. The molecule has 0 fully saturated rings. The number of anilines is 3. The molecule has 0 unspecified atom stereocenters. The third-order valence-electron chi connectivity index (χ3n) is 4.03. The Kier molecular flexibility index (Phi) is 7.49. The highest BCUT2D eigenvalue weighted by Gasteiger charge is 2.10. The minimum absolute atomic E-state index is 0.0123. The molecule has 1 aromatic heterocycles. The predicted molar refractivity (Wildman–Crippen MR) is 113 cm³/mol. The van der Waals surface area contributed by atoms with Crippen molar-refractivity contribution in [1.82, 2.24) is 15.3 Å². The Morgan fingerprint density at radius 3 is 2.72 bits per heavy atom. The Morgan fingerprint density at radius 1 is 1.12 bits per heavy atom. The number of hydrogen-bond acceptors (Lipinski definition) is 9. The lowest BCUT2D eigenvalue weighted by Gasteiger charge is -2.11. The second-order valence-corrected chi connectivity index (χ2v) is 6.27. The van der Waals surface area contributed by atoms with Crippen LogP contribution in [0.5, 0.6) is 5.75 Å². The second-order valence-electron chi connectivity index (χ2n) is 6.27. The van der Waals surface area contributed by atoms with Gasteiger partial charge in [0.2, 0.25) is 5.95 Å². The fourth-order valence-corrected chi connectivity index (χ4v) is 2.55. The Morgan fingerprint density at radius 2 is 1.94 bits per heavy atom. The summed E-state index contributed by atoms with van der Waals surface area (Å²) in [6.07, 6.45) is 0.0991. The zero-order valence-electron chi connectivity index (χ0n) is 17.2. The molecule has 0 aliphatic carbocycles. The number of methoxy groups -OCH3 is 1. The van der Waals surface area contributed by atoms with E-state index in [1.807, 2.05) is 0 Å². The van der Waals surface area contributed by atoms with Crippen LogP contribution in [0.1, 0.15) is 15.9 Å². The van der Waals surface area contributed by atoms with Crippen LogP contribution in [0.15, 0.2) is 54.7 Å². The van der Waals surface area contributed by atoms with Crippen molar-refractivity contribution in [3.63, 3.8) is 0 Å². The van der Waals surface area contributed by atoms with E-state index in [1.165, 1.54) is 13.2 Å². The summed E-state index contributed by atoms with van der Waals surface area (Å²) in [6, 6.07) is 13.1. The minimum Gasteiger partial charge on any atom is -0.437 e. The van der Waals surface area contributed by atoms with Gasteiger partial charge in [-0.05, 0) is 29.8 Å². The average Bonchev–Trinajstić information content (AvgIpc) is 2.81. The lowest BCUT2D eigenvalue weighted by atomic mass is 10.1. The van der Waals surface area contributed by atoms with Crippen molar-refractivity contribution >= 4 is 29.5 Å². The van der Waals surface area contributed by atoms with Gasteiger partial charge >= 0.3 is 6.16 Å². The zero-order chi connectivity index (χ0) is 22.9. The van der Waals surface area contributed by atoms with Gasteiger partial charge in [-0.2, -0.15) is 4.98 Å². The molecule has 1 heterocycles. The van der Waals surface area contributed by atoms with Gasteiger partial charge in [0.05, 0.1) is 19.9 Å². The topological polar surface area (TPSA) is 124 Å². The number of carbonyl (C=O) groups is 2. The maximum atomic E-state index is 14.2. The summed E-state index contributed by atoms with van der Waals surface area (Å²) in [5.41, 5.74) is 4.19. The van der Waals surface area contributed by atoms with Gasteiger partial charge in [-0.25, -0.2) is 19.6 Å². The van der Waals surface area contributed by atoms with Gasteiger partial charge < -0.3 is 20.1 Å². The van der Waals surface area contributed by atoms with Crippen molar-refractivity contribution in [3.8, 4) is 5.75 Å². The molecule has 2 aromatic carbocycles. The Balaban J connectivity index is 1.63. The standard InChI is InChI=1S/C21H20FN5O5/c1-23-19(28)14-6-3-5-13(9-14)12-31-27-20-24-11-17(22)18(26-20)25-15-7-4-8-16(10-15)32-21(29)30-2/h3-11H,12H2,1-2H3,(H,23,28)(H2,24,25,26,27). The van der Waals surface area contributed by atoms with Crippen LogP contribution in [0.3, 0.4) is 0 Å². The summed E-state index contributed by atoms with van der Waals surface area (Å²) in [6.45, 7) is 0.112. The van der Waals surface area contributed by atoms with Crippen molar-refractivity contribution in [2.75, 3.05) is 25.0 Å². The number of rotatable bonds is 8. The SMILES string of the molecule is CNC(=O)c1cccc(CONc2ncc(F)c(Nc3cccc(OC(=O)OC)c3)n2)c1. The quantitative estimate of drug-likeness (QED) is 0.274.